The lowest BCUT2D eigenvalue weighted by atomic mass is 9.85. The topological polar surface area (TPSA) is 185 Å². The van der Waals surface area contributed by atoms with E-state index in [4.69, 9.17) is 9.47 Å². The fourth-order valence-corrected chi connectivity index (χ4v) is 9.59. The molecule has 0 unspecified atom stereocenters. The summed E-state index contributed by atoms with van der Waals surface area (Å²) < 4.78 is 84.0. The Morgan fingerprint density at radius 2 is 1.80 bits per heavy atom. The molecule has 2 saturated carbocycles. The Balaban J connectivity index is 1.44. The van der Waals surface area contributed by atoms with Crippen molar-refractivity contribution in [1.82, 2.24) is 24.8 Å². The van der Waals surface area contributed by atoms with Gasteiger partial charge in [0.1, 0.15) is 29.3 Å². The van der Waals surface area contributed by atoms with Crippen molar-refractivity contribution >= 4 is 44.6 Å². The van der Waals surface area contributed by atoms with Crippen molar-refractivity contribution in [2.75, 3.05) is 6.54 Å². The first kappa shape index (κ1) is 44.0. The molecule has 2 aliphatic heterocycles. The number of allylic oxidation sites excluding steroid dienone is 1. The summed E-state index contributed by atoms with van der Waals surface area (Å²) in [5, 5.41) is 14.5. The highest BCUT2D eigenvalue weighted by Gasteiger charge is 2.64. The number of nitrogens with zero attached hydrogens (tertiary/aromatic N) is 3. The number of halogens is 3. The molecule has 1 aromatic heterocycles. The van der Waals surface area contributed by atoms with Gasteiger partial charge in [0.05, 0.1) is 17.4 Å². The van der Waals surface area contributed by atoms with E-state index in [1.54, 1.807) is 24.3 Å². The average molecular weight is 850 g/mol. The van der Waals surface area contributed by atoms with Crippen molar-refractivity contribution in [3.8, 4) is 11.8 Å². The van der Waals surface area contributed by atoms with Gasteiger partial charge in [-0.15, -0.1) is 0 Å². The van der Waals surface area contributed by atoms with Crippen molar-refractivity contribution in [3.05, 3.63) is 42.5 Å². The SMILES string of the molecule is CC(C)Oc1cc2ccccc2c(O[C@@H]2C[C@H]3C(=O)N[C@]4(C(=O)NS(=O)(=O)C5(C)CC5)C[C@H]4/C=C\CC[C@H](C)C[C@@H](C)[C@H](N(C(=O)O)C(C)(C)C(F)(F)F)C(=O)N3C2)n1. The predicted molar refractivity (Wildman–Crippen MR) is 211 cm³/mol. The summed E-state index contributed by atoms with van der Waals surface area (Å²) in [6.45, 7) is 9.55. The van der Waals surface area contributed by atoms with Crippen molar-refractivity contribution in [1.29, 1.82) is 0 Å². The van der Waals surface area contributed by atoms with Gasteiger partial charge in [-0.2, -0.15) is 18.2 Å². The highest BCUT2D eigenvalue weighted by molar-refractivity contribution is 7.91. The standard InChI is InChI=1S/C41H54F3N5O9S/c1-23(2)57-31-19-26-13-9-11-15-29(26)34(45-31)58-28-20-30-33(50)46-40(36(52)47-59(55,56)39(7)16-17-39)21-27(40)14-10-8-12-24(3)18-25(4)32(35(51)48(30)22-28)49(37(53)54)38(5,6)41(42,43)44/h9-11,13-15,19,23-25,27-28,30,32H,8,12,16-18,20-22H2,1-7H3,(H,46,50)(H,47,52)(H,53,54)/b14-10-/t24-,25+,27+,28+,30-,32-,40+/m0/s1. The van der Waals surface area contributed by atoms with E-state index in [0.29, 0.717) is 50.3 Å². The molecule has 0 radical (unpaired) electrons. The number of aromatic nitrogens is 1. The second-order valence-corrected chi connectivity index (χ2v) is 20.0. The molecule has 0 spiro atoms. The van der Waals surface area contributed by atoms with Crippen molar-refractivity contribution in [3.63, 3.8) is 0 Å². The lowest BCUT2D eigenvalue weighted by Crippen LogP contribution is -2.66. The third-order valence-corrected chi connectivity index (χ3v) is 14.5. The van der Waals surface area contributed by atoms with Gasteiger partial charge in [0.15, 0.2) is 0 Å². The number of nitrogens with one attached hydrogen (secondary N) is 2. The number of hydrogen-bond acceptors (Lipinski definition) is 9. The van der Waals surface area contributed by atoms with Crippen LogP contribution in [0.4, 0.5) is 18.0 Å². The van der Waals surface area contributed by atoms with E-state index in [1.165, 1.54) is 13.8 Å². The molecule has 18 heteroatoms. The van der Waals surface area contributed by atoms with Crippen LogP contribution in [0.1, 0.15) is 93.4 Å². The molecular formula is C41H54F3N5O9S. The van der Waals surface area contributed by atoms with E-state index < -0.39 is 85.9 Å². The Morgan fingerprint density at radius 3 is 2.42 bits per heavy atom. The third kappa shape index (κ3) is 8.69. The highest BCUT2D eigenvalue weighted by Crippen LogP contribution is 2.48. The van der Waals surface area contributed by atoms with Gasteiger partial charge in [0, 0.05) is 23.8 Å². The van der Waals surface area contributed by atoms with Crippen LogP contribution in [-0.4, -0.2) is 105 Å². The number of amides is 4. The van der Waals surface area contributed by atoms with Gasteiger partial charge >= 0.3 is 12.3 Å². The van der Waals surface area contributed by atoms with Crippen molar-refractivity contribution in [2.45, 2.75) is 140 Å². The number of carbonyl (C=O) groups excluding carboxylic acids is 3. The van der Waals surface area contributed by atoms with Crippen LogP contribution in [0.15, 0.2) is 42.5 Å². The van der Waals surface area contributed by atoms with E-state index >= 15 is 4.79 Å². The van der Waals surface area contributed by atoms with E-state index in [0.717, 1.165) is 4.90 Å². The van der Waals surface area contributed by atoms with Crippen LogP contribution in [0.5, 0.6) is 11.8 Å². The molecule has 59 heavy (non-hydrogen) atoms. The Morgan fingerprint density at radius 1 is 1.12 bits per heavy atom. The Hall–Kier alpha value is -4.61. The molecule has 3 heterocycles. The zero-order valence-electron chi connectivity index (χ0n) is 34.3. The van der Waals surface area contributed by atoms with E-state index in [2.05, 4.69) is 15.0 Å². The monoisotopic (exact) mass is 849 g/mol. The van der Waals surface area contributed by atoms with E-state index in [-0.39, 0.29) is 54.5 Å². The minimum Gasteiger partial charge on any atom is -0.475 e. The molecule has 324 valence electrons. The van der Waals surface area contributed by atoms with Crippen molar-refractivity contribution in [2.24, 2.45) is 17.8 Å². The number of benzene rings is 1. The lowest BCUT2D eigenvalue weighted by molar-refractivity contribution is -0.222. The number of fused-ring (bicyclic) bond motifs is 3. The summed E-state index contributed by atoms with van der Waals surface area (Å²) in [6.07, 6.45) is -3.12. The first-order chi connectivity index (χ1) is 27.4. The number of ether oxygens (including phenoxy) is 2. The number of rotatable bonds is 9. The molecule has 0 bridgehead atoms. The minimum absolute atomic E-state index is 0.0498. The molecule has 1 saturated heterocycles. The largest absolute Gasteiger partial charge is 0.475 e. The zero-order valence-corrected chi connectivity index (χ0v) is 35.2. The van der Waals surface area contributed by atoms with Gasteiger partial charge in [-0.1, -0.05) is 44.2 Å². The Kier molecular flexibility index (Phi) is 11.8. The van der Waals surface area contributed by atoms with Gasteiger partial charge in [-0.25, -0.2) is 13.2 Å². The fraction of sp³-hybridized carbons (Fsp3) is 0.634. The summed E-state index contributed by atoms with van der Waals surface area (Å²) in [6, 6.07) is 5.48. The smallest absolute Gasteiger partial charge is 0.411 e. The van der Waals surface area contributed by atoms with Crippen LogP contribution in [0.3, 0.4) is 0 Å². The minimum atomic E-state index is -5.10. The normalized spacial score (nSPS) is 29.3. The van der Waals surface area contributed by atoms with Gasteiger partial charge in [0.25, 0.3) is 5.91 Å². The molecule has 3 N–H and O–H groups in total. The molecule has 3 fully saturated rings. The maximum absolute atomic E-state index is 15.1. The van der Waals surface area contributed by atoms with Crippen LogP contribution < -0.4 is 19.5 Å². The molecule has 4 aliphatic rings. The zero-order chi connectivity index (χ0) is 43.5. The van der Waals surface area contributed by atoms with E-state index in [1.807, 2.05) is 39.0 Å². The van der Waals surface area contributed by atoms with Crippen LogP contribution in [0.2, 0.25) is 0 Å². The van der Waals surface area contributed by atoms with Gasteiger partial charge < -0.3 is 24.8 Å². The fourth-order valence-electron chi connectivity index (χ4n) is 8.28. The molecular weight excluding hydrogens is 796 g/mol. The first-order valence-electron chi connectivity index (χ1n) is 20.1. The van der Waals surface area contributed by atoms with Crippen molar-refractivity contribution < 1.29 is 55.3 Å². The maximum Gasteiger partial charge on any atom is 0.411 e. The average Bonchev–Trinajstić information content (AvgIpc) is 4.01. The van der Waals surface area contributed by atoms with Crippen LogP contribution in [0.25, 0.3) is 10.8 Å². The number of sulfonamides is 1. The second-order valence-electron chi connectivity index (χ2n) is 17.8. The summed E-state index contributed by atoms with van der Waals surface area (Å²) in [4.78, 5) is 62.3. The second kappa shape index (κ2) is 15.8. The molecule has 4 amide bonds. The summed E-state index contributed by atoms with van der Waals surface area (Å²) >= 11 is 0. The Labute approximate surface area is 342 Å². The van der Waals surface area contributed by atoms with Crippen LogP contribution in [0, 0.1) is 17.8 Å². The number of alkyl halides is 3. The number of carbonyl (C=O) groups is 4. The number of carboxylic acid groups (broad SMARTS) is 1. The van der Waals surface area contributed by atoms with Gasteiger partial charge in [-0.3, -0.25) is 24.0 Å². The molecule has 2 aliphatic carbocycles. The maximum atomic E-state index is 15.1. The van der Waals surface area contributed by atoms with Gasteiger partial charge in [0.2, 0.25) is 33.6 Å². The van der Waals surface area contributed by atoms with Crippen LogP contribution >= 0.6 is 0 Å². The number of hydrogen-bond donors (Lipinski definition) is 3. The molecule has 1 aromatic carbocycles. The molecule has 7 atom stereocenters. The Bertz CT molecular complexity index is 2130. The molecule has 14 nitrogen and oxygen atoms in total. The highest BCUT2D eigenvalue weighted by atomic mass is 32.2. The van der Waals surface area contributed by atoms with Gasteiger partial charge in [-0.05, 0) is 96.4 Å². The summed E-state index contributed by atoms with van der Waals surface area (Å²) in [7, 11) is -4.12. The molecule has 6 rings (SSSR count). The summed E-state index contributed by atoms with van der Waals surface area (Å²) in [5.74, 6) is -4.29. The lowest BCUT2D eigenvalue weighted by Gasteiger charge is -2.45. The van der Waals surface area contributed by atoms with E-state index in [9.17, 15) is 41.1 Å². The first-order valence-corrected chi connectivity index (χ1v) is 21.6. The quantitative estimate of drug-likeness (QED) is 0.255. The number of pyridine rings is 1. The summed E-state index contributed by atoms with van der Waals surface area (Å²) in [5.41, 5.74) is -4.76. The third-order valence-electron chi connectivity index (χ3n) is 12.3. The molecule has 2 aromatic rings. The predicted octanol–water partition coefficient (Wildman–Crippen LogP) is 5.95. The van der Waals surface area contributed by atoms with Crippen LogP contribution in [-0.2, 0) is 24.4 Å².